The van der Waals surface area contributed by atoms with Crippen molar-refractivity contribution in [1.82, 2.24) is 10.2 Å². The minimum Gasteiger partial charge on any atom is -0.472 e. The molecule has 2 N–H and O–H groups in total. The molecule has 0 spiro atoms. The Bertz CT molecular complexity index is 440. The minimum atomic E-state index is -0.616. The zero-order chi connectivity index (χ0) is 13.8. The summed E-state index contributed by atoms with van der Waals surface area (Å²) in [6.45, 7) is 1.90. The van der Waals surface area contributed by atoms with Gasteiger partial charge in [0.15, 0.2) is 0 Å². The quantitative estimate of drug-likeness (QED) is 0.780. The molecule has 19 heavy (non-hydrogen) atoms. The van der Waals surface area contributed by atoms with E-state index in [1.807, 2.05) is 0 Å². The van der Waals surface area contributed by atoms with Gasteiger partial charge < -0.3 is 19.7 Å². The van der Waals surface area contributed by atoms with E-state index in [9.17, 15) is 9.59 Å². The van der Waals surface area contributed by atoms with E-state index >= 15 is 0 Å². The molecule has 0 bridgehead atoms. The van der Waals surface area contributed by atoms with Crippen molar-refractivity contribution in [3.05, 3.63) is 24.2 Å². The molecule has 2 rings (SSSR count). The van der Waals surface area contributed by atoms with Gasteiger partial charge >= 0.3 is 0 Å². The number of furan rings is 1. The van der Waals surface area contributed by atoms with E-state index in [0.29, 0.717) is 12.1 Å². The number of nitrogens with one attached hydrogen (secondary N) is 1. The van der Waals surface area contributed by atoms with Gasteiger partial charge in [-0.25, -0.2) is 0 Å². The van der Waals surface area contributed by atoms with Crippen molar-refractivity contribution in [3.63, 3.8) is 0 Å². The highest BCUT2D eigenvalue weighted by Gasteiger charge is 2.34. The molecular weight excluding hydrogens is 248 g/mol. The van der Waals surface area contributed by atoms with Crippen LogP contribution in [0.4, 0.5) is 0 Å². The molecule has 6 heteroatoms. The number of aliphatic hydroxyl groups is 1. The van der Waals surface area contributed by atoms with Crippen molar-refractivity contribution in [1.29, 1.82) is 0 Å². The van der Waals surface area contributed by atoms with E-state index in [-0.39, 0.29) is 24.5 Å². The molecule has 0 aliphatic heterocycles. The topological polar surface area (TPSA) is 82.8 Å². The molecule has 1 aliphatic rings. The third kappa shape index (κ3) is 3.35. The van der Waals surface area contributed by atoms with Crippen molar-refractivity contribution in [2.24, 2.45) is 0 Å². The summed E-state index contributed by atoms with van der Waals surface area (Å²) in [5.74, 6) is -0.497. The lowest BCUT2D eigenvalue weighted by Crippen LogP contribution is -2.48. The maximum absolute atomic E-state index is 12.2. The Morgan fingerprint density at radius 1 is 1.58 bits per heavy atom. The Morgan fingerprint density at radius 2 is 2.32 bits per heavy atom. The first-order valence-electron chi connectivity index (χ1n) is 6.38. The lowest BCUT2D eigenvalue weighted by molar-refractivity contribution is -0.133. The van der Waals surface area contributed by atoms with Crippen LogP contribution >= 0.6 is 0 Å². The van der Waals surface area contributed by atoms with Crippen molar-refractivity contribution in [2.75, 3.05) is 13.2 Å². The summed E-state index contributed by atoms with van der Waals surface area (Å²) in [6, 6.07) is 1.14. The molecular formula is C13H18N2O4. The Kier molecular flexibility index (Phi) is 4.21. The number of hydrogen-bond donors (Lipinski definition) is 2. The van der Waals surface area contributed by atoms with E-state index < -0.39 is 6.04 Å². The monoisotopic (exact) mass is 266 g/mol. The number of aliphatic hydroxyl groups excluding tert-OH is 1. The summed E-state index contributed by atoms with van der Waals surface area (Å²) < 4.78 is 4.82. The van der Waals surface area contributed by atoms with E-state index in [2.05, 4.69) is 5.32 Å². The molecule has 2 amide bonds. The predicted molar refractivity (Wildman–Crippen MR) is 67.5 cm³/mol. The molecule has 0 radical (unpaired) electrons. The van der Waals surface area contributed by atoms with Crippen LogP contribution in [0, 0.1) is 0 Å². The zero-order valence-electron chi connectivity index (χ0n) is 10.8. The summed E-state index contributed by atoms with van der Waals surface area (Å²) in [4.78, 5) is 25.6. The average molecular weight is 266 g/mol. The first-order valence-corrected chi connectivity index (χ1v) is 6.38. The highest BCUT2D eigenvalue weighted by atomic mass is 16.3. The average Bonchev–Trinajstić information content (AvgIpc) is 3.08. The second-order valence-corrected chi connectivity index (χ2v) is 4.69. The molecule has 1 saturated carbocycles. The van der Waals surface area contributed by atoms with Crippen LogP contribution in [0.5, 0.6) is 0 Å². The van der Waals surface area contributed by atoms with Gasteiger partial charge in [0.05, 0.1) is 18.4 Å². The van der Waals surface area contributed by atoms with E-state index in [4.69, 9.17) is 9.52 Å². The lowest BCUT2D eigenvalue weighted by Gasteiger charge is -2.25. The van der Waals surface area contributed by atoms with Gasteiger partial charge in [-0.2, -0.15) is 0 Å². The van der Waals surface area contributed by atoms with Gasteiger partial charge in [-0.3, -0.25) is 9.59 Å². The van der Waals surface area contributed by atoms with E-state index in [1.54, 1.807) is 17.9 Å². The van der Waals surface area contributed by atoms with Gasteiger partial charge in [0.25, 0.3) is 5.91 Å². The standard InChI is InChI=1S/C13H18N2O4/c1-9(14-12(17)10-4-7-19-8-10)13(18)15(5-6-16)11-2-3-11/h4,7-9,11,16H,2-3,5-6H2,1H3,(H,14,17). The second kappa shape index (κ2) is 5.88. The minimum absolute atomic E-state index is 0.0648. The van der Waals surface area contributed by atoms with Gasteiger partial charge in [-0.05, 0) is 25.8 Å². The molecule has 1 aromatic rings. The Morgan fingerprint density at radius 3 is 2.84 bits per heavy atom. The summed E-state index contributed by atoms with van der Waals surface area (Å²) in [6.07, 6.45) is 4.67. The Hall–Kier alpha value is -1.82. The number of nitrogens with zero attached hydrogens (tertiary/aromatic N) is 1. The van der Waals surface area contributed by atoms with Crippen LogP contribution in [0.15, 0.2) is 23.0 Å². The fourth-order valence-corrected chi connectivity index (χ4v) is 1.95. The number of carbonyl (C=O) groups excluding carboxylic acids is 2. The van der Waals surface area contributed by atoms with Gasteiger partial charge in [-0.1, -0.05) is 0 Å². The molecule has 0 aromatic carbocycles. The molecule has 1 unspecified atom stereocenters. The van der Waals surface area contributed by atoms with Crippen LogP contribution in [0.25, 0.3) is 0 Å². The second-order valence-electron chi connectivity index (χ2n) is 4.69. The van der Waals surface area contributed by atoms with Crippen LogP contribution in [0.2, 0.25) is 0 Å². The maximum Gasteiger partial charge on any atom is 0.255 e. The summed E-state index contributed by atoms with van der Waals surface area (Å²) in [5, 5.41) is 11.6. The van der Waals surface area contributed by atoms with Crippen LogP contribution in [-0.2, 0) is 4.79 Å². The molecule has 0 saturated heterocycles. The molecule has 1 aliphatic carbocycles. The van der Waals surface area contributed by atoms with Crippen molar-refractivity contribution in [3.8, 4) is 0 Å². The van der Waals surface area contributed by atoms with Gasteiger partial charge in [0, 0.05) is 12.6 Å². The molecule has 1 heterocycles. The SMILES string of the molecule is CC(NC(=O)c1ccoc1)C(=O)N(CCO)C1CC1. The van der Waals surface area contributed by atoms with Crippen molar-refractivity contribution < 1.29 is 19.1 Å². The summed E-state index contributed by atoms with van der Waals surface area (Å²) in [7, 11) is 0. The number of carbonyl (C=O) groups is 2. The molecule has 1 atom stereocenters. The van der Waals surface area contributed by atoms with Crippen molar-refractivity contribution in [2.45, 2.75) is 31.8 Å². The summed E-state index contributed by atoms with van der Waals surface area (Å²) in [5.41, 5.74) is 0.389. The van der Waals surface area contributed by atoms with Crippen LogP contribution in [0.1, 0.15) is 30.1 Å². The van der Waals surface area contributed by atoms with E-state index in [1.165, 1.54) is 12.5 Å². The fourth-order valence-electron chi connectivity index (χ4n) is 1.95. The van der Waals surface area contributed by atoms with Gasteiger partial charge in [0.2, 0.25) is 5.91 Å². The first kappa shape index (κ1) is 13.6. The zero-order valence-corrected chi connectivity index (χ0v) is 10.8. The number of rotatable bonds is 6. The molecule has 6 nitrogen and oxygen atoms in total. The largest absolute Gasteiger partial charge is 0.472 e. The van der Waals surface area contributed by atoms with Crippen molar-refractivity contribution >= 4 is 11.8 Å². The fraction of sp³-hybridized carbons (Fsp3) is 0.538. The molecule has 104 valence electrons. The van der Waals surface area contributed by atoms with Crippen LogP contribution < -0.4 is 5.32 Å². The van der Waals surface area contributed by atoms with Crippen LogP contribution in [0.3, 0.4) is 0 Å². The molecule has 1 aromatic heterocycles. The Labute approximate surface area is 111 Å². The van der Waals surface area contributed by atoms with Crippen LogP contribution in [-0.4, -0.2) is 47.1 Å². The normalized spacial score (nSPS) is 15.9. The van der Waals surface area contributed by atoms with Gasteiger partial charge in [0.1, 0.15) is 12.3 Å². The third-order valence-electron chi connectivity index (χ3n) is 3.11. The molecule has 1 fully saturated rings. The number of amides is 2. The lowest BCUT2D eigenvalue weighted by atomic mass is 10.2. The third-order valence-corrected chi connectivity index (χ3v) is 3.11. The first-order chi connectivity index (χ1) is 9.13. The highest BCUT2D eigenvalue weighted by Crippen LogP contribution is 2.27. The Balaban J connectivity index is 1.92. The smallest absolute Gasteiger partial charge is 0.255 e. The van der Waals surface area contributed by atoms with E-state index in [0.717, 1.165) is 12.8 Å². The predicted octanol–water partition coefficient (Wildman–Crippen LogP) is 0.381. The summed E-state index contributed by atoms with van der Waals surface area (Å²) >= 11 is 0. The van der Waals surface area contributed by atoms with Gasteiger partial charge in [-0.15, -0.1) is 0 Å². The highest BCUT2D eigenvalue weighted by molar-refractivity contribution is 5.97. The maximum atomic E-state index is 12.2. The number of hydrogen-bond acceptors (Lipinski definition) is 4.